The Morgan fingerprint density at radius 1 is 1.59 bits per heavy atom. The second-order valence-corrected chi connectivity index (χ2v) is 3.58. The second-order valence-electron chi connectivity index (χ2n) is 3.58. The molecule has 1 aromatic carbocycles. The fraction of sp³-hybridized carbons (Fsp3) is 0.273. The highest BCUT2D eigenvalue weighted by Gasteiger charge is 2.27. The van der Waals surface area contributed by atoms with E-state index in [9.17, 15) is 9.18 Å². The molecule has 0 saturated carbocycles. The van der Waals surface area contributed by atoms with Crippen molar-refractivity contribution in [1.82, 2.24) is 0 Å². The Kier molecular flexibility index (Phi) is 2.95. The number of methoxy groups -OCH3 is 1. The maximum atomic E-state index is 13.1. The molecule has 0 fully saturated rings. The molecule has 1 aliphatic rings. The van der Waals surface area contributed by atoms with Crippen molar-refractivity contribution in [2.24, 2.45) is 5.16 Å². The van der Waals surface area contributed by atoms with Crippen molar-refractivity contribution in [2.45, 2.75) is 6.42 Å². The predicted molar refractivity (Wildman–Crippen MR) is 59.1 cm³/mol. The third-order valence-electron chi connectivity index (χ3n) is 2.65. The summed E-state index contributed by atoms with van der Waals surface area (Å²) in [5.41, 5.74) is 1.25. The summed E-state index contributed by atoms with van der Waals surface area (Å²) in [6.07, 6.45) is -0.169. The minimum absolute atomic E-state index is 0.338. The SMILES string of the molecule is COC(=O)N1CCC(=NO)c2cc(F)ccc21. The van der Waals surface area contributed by atoms with Gasteiger partial charge in [-0.15, -0.1) is 0 Å². The van der Waals surface area contributed by atoms with Gasteiger partial charge in [0, 0.05) is 18.5 Å². The molecular formula is C11H11FN2O3. The number of fused-ring (bicyclic) bond motifs is 1. The number of halogens is 1. The number of anilines is 1. The summed E-state index contributed by atoms with van der Waals surface area (Å²) >= 11 is 0. The molecule has 2 rings (SSSR count). The van der Waals surface area contributed by atoms with E-state index >= 15 is 0 Å². The second kappa shape index (κ2) is 4.40. The van der Waals surface area contributed by atoms with Gasteiger partial charge in [-0.1, -0.05) is 5.16 Å². The number of ether oxygens (including phenoxy) is 1. The zero-order valence-electron chi connectivity index (χ0n) is 9.18. The first-order valence-electron chi connectivity index (χ1n) is 5.03. The third kappa shape index (κ3) is 1.93. The molecule has 6 heteroatoms. The van der Waals surface area contributed by atoms with E-state index in [0.29, 0.717) is 29.9 Å². The molecule has 1 amide bonds. The van der Waals surface area contributed by atoms with Crippen molar-refractivity contribution in [2.75, 3.05) is 18.6 Å². The van der Waals surface area contributed by atoms with Crippen LogP contribution in [0.15, 0.2) is 23.4 Å². The van der Waals surface area contributed by atoms with Crippen LogP contribution < -0.4 is 4.90 Å². The maximum absolute atomic E-state index is 13.1. The van der Waals surface area contributed by atoms with Gasteiger partial charge in [-0.2, -0.15) is 0 Å². The van der Waals surface area contributed by atoms with Crippen LogP contribution >= 0.6 is 0 Å². The van der Waals surface area contributed by atoms with Crippen molar-refractivity contribution < 1.29 is 19.1 Å². The number of carbonyl (C=O) groups is 1. The number of carbonyl (C=O) groups excluding carboxylic acids is 1. The van der Waals surface area contributed by atoms with E-state index in [4.69, 9.17) is 5.21 Å². The number of nitrogens with zero attached hydrogens (tertiary/aromatic N) is 2. The summed E-state index contributed by atoms with van der Waals surface area (Å²) in [7, 11) is 1.28. The summed E-state index contributed by atoms with van der Waals surface area (Å²) in [6.45, 7) is 0.338. The highest BCUT2D eigenvalue weighted by Crippen LogP contribution is 2.28. The van der Waals surface area contributed by atoms with Gasteiger partial charge in [-0.05, 0) is 18.2 Å². The summed E-state index contributed by atoms with van der Waals surface area (Å²) in [5, 5.41) is 12.0. The molecule has 0 saturated heterocycles. The lowest BCUT2D eigenvalue weighted by Gasteiger charge is -2.28. The molecule has 1 heterocycles. The van der Waals surface area contributed by atoms with Gasteiger partial charge in [-0.25, -0.2) is 9.18 Å². The lowest BCUT2D eigenvalue weighted by atomic mass is 10.00. The fourth-order valence-corrected chi connectivity index (χ4v) is 1.85. The quantitative estimate of drug-likeness (QED) is 0.555. The standard InChI is InChI=1S/C11H11FN2O3/c1-17-11(15)14-5-4-9(13-16)8-6-7(12)2-3-10(8)14/h2-3,6,16H,4-5H2,1H3. The molecular weight excluding hydrogens is 227 g/mol. The molecule has 90 valence electrons. The Morgan fingerprint density at radius 2 is 2.35 bits per heavy atom. The predicted octanol–water partition coefficient (Wildman–Crippen LogP) is 1.98. The number of hydrogen-bond acceptors (Lipinski definition) is 4. The molecule has 5 nitrogen and oxygen atoms in total. The molecule has 1 aliphatic heterocycles. The van der Waals surface area contributed by atoms with E-state index in [0.717, 1.165) is 0 Å². The normalized spacial score (nSPS) is 16.8. The zero-order chi connectivity index (χ0) is 12.4. The van der Waals surface area contributed by atoms with Crippen molar-refractivity contribution in [3.63, 3.8) is 0 Å². The molecule has 1 aromatic rings. The van der Waals surface area contributed by atoms with Crippen molar-refractivity contribution in [3.05, 3.63) is 29.6 Å². The molecule has 0 radical (unpaired) electrons. The minimum Gasteiger partial charge on any atom is -0.452 e. The Balaban J connectivity index is 2.51. The van der Waals surface area contributed by atoms with E-state index in [1.807, 2.05) is 0 Å². The molecule has 0 atom stereocenters. The maximum Gasteiger partial charge on any atom is 0.414 e. The number of amides is 1. The van der Waals surface area contributed by atoms with Crippen molar-refractivity contribution in [1.29, 1.82) is 0 Å². The smallest absolute Gasteiger partial charge is 0.414 e. The molecule has 1 N–H and O–H groups in total. The Hall–Kier alpha value is -2.11. The van der Waals surface area contributed by atoms with Crippen LogP contribution in [0.5, 0.6) is 0 Å². The van der Waals surface area contributed by atoms with Crippen LogP contribution in [-0.2, 0) is 4.74 Å². The Labute approximate surface area is 97.1 Å². The van der Waals surface area contributed by atoms with E-state index in [1.165, 1.54) is 30.2 Å². The van der Waals surface area contributed by atoms with Gasteiger partial charge in [0.1, 0.15) is 5.82 Å². The lowest BCUT2D eigenvalue weighted by molar-refractivity contribution is 0.178. The zero-order valence-corrected chi connectivity index (χ0v) is 9.18. The van der Waals surface area contributed by atoms with Gasteiger partial charge in [0.05, 0.1) is 18.5 Å². The average Bonchev–Trinajstić information content (AvgIpc) is 2.36. The van der Waals surface area contributed by atoms with Crippen LogP contribution in [0.1, 0.15) is 12.0 Å². The number of rotatable bonds is 0. The number of hydrogen-bond donors (Lipinski definition) is 1. The average molecular weight is 238 g/mol. The lowest BCUT2D eigenvalue weighted by Crippen LogP contribution is -2.37. The summed E-state index contributed by atoms with van der Waals surface area (Å²) < 4.78 is 17.8. The summed E-state index contributed by atoms with van der Waals surface area (Å²) in [5.74, 6) is -0.448. The number of benzene rings is 1. The molecule has 0 spiro atoms. The molecule has 0 aromatic heterocycles. The van der Waals surface area contributed by atoms with E-state index < -0.39 is 11.9 Å². The van der Waals surface area contributed by atoms with Gasteiger partial charge in [0.25, 0.3) is 0 Å². The summed E-state index contributed by atoms with van der Waals surface area (Å²) in [6, 6.07) is 3.94. The van der Waals surface area contributed by atoms with Gasteiger partial charge < -0.3 is 9.94 Å². The van der Waals surface area contributed by atoms with Gasteiger partial charge in [0.2, 0.25) is 0 Å². The van der Waals surface area contributed by atoms with Crippen LogP contribution in [0.3, 0.4) is 0 Å². The van der Waals surface area contributed by atoms with Crippen LogP contribution in [0.2, 0.25) is 0 Å². The number of oxime groups is 1. The third-order valence-corrected chi connectivity index (χ3v) is 2.65. The minimum atomic E-state index is -0.519. The van der Waals surface area contributed by atoms with E-state index in [1.54, 1.807) is 0 Å². The van der Waals surface area contributed by atoms with Gasteiger partial charge in [0.15, 0.2) is 0 Å². The molecule has 0 unspecified atom stereocenters. The first kappa shape index (κ1) is 11.4. The summed E-state index contributed by atoms with van der Waals surface area (Å²) in [4.78, 5) is 12.9. The molecule has 0 aliphatic carbocycles. The van der Waals surface area contributed by atoms with Crippen LogP contribution in [0.25, 0.3) is 0 Å². The van der Waals surface area contributed by atoms with E-state index in [2.05, 4.69) is 9.89 Å². The van der Waals surface area contributed by atoms with Crippen LogP contribution in [0, 0.1) is 5.82 Å². The fourth-order valence-electron chi connectivity index (χ4n) is 1.85. The van der Waals surface area contributed by atoms with E-state index in [-0.39, 0.29) is 0 Å². The highest BCUT2D eigenvalue weighted by atomic mass is 19.1. The first-order valence-corrected chi connectivity index (χ1v) is 5.03. The van der Waals surface area contributed by atoms with Crippen molar-refractivity contribution in [3.8, 4) is 0 Å². The molecule has 17 heavy (non-hydrogen) atoms. The Morgan fingerprint density at radius 3 is 3.00 bits per heavy atom. The topological polar surface area (TPSA) is 62.1 Å². The highest BCUT2D eigenvalue weighted by molar-refractivity contribution is 6.10. The largest absolute Gasteiger partial charge is 0.452 e. The van der Waals surface area contributed by atoms with Gasteiger partial charge in [-0.3, -0.25) is 4.90 Å². The monoisotopic (exact) mass is 238 g/mol. The Bertz CT molecular complexity index is 488. The molecule has 0 bridgehead atoms. The van der Waals surface area contributed by atoms with Crippen LogP contribution in [0.4, 0.5) is 14.9 Å². The van der Waals surface area contributed by atoms with Crippen LogP contribution in [-0.4, -0.2) is 30.7 Å². The van der Waals surface area contributed by atoms with Gasteiger partial charge >= 0.3 is 6.09 Å². The first-order chi connectivity index (χ1) is 8.17. The van der Waals surface area contributed by atoms with Crippen molar-refractivity contribution >= 4 is 17.5 Å².